The summed E-state index contributed by atoms with van der Waals surface area (Å²) in [6.07, 6.45) is 8.86. The molecule has 0 saturated carbocycles. The van der Waals surface area contributed by atoms with Crippen molar-refractivity contribution in [3.05, 3.63) is 65.8 Å². The molecule has 1 aromatic rings. The highest BCUT2D eigenvalue weighted by Crippen LogP contribution is 2.25. The SMILES string of the molecule is CC1NC(c2ccccc2)=C2C=CC=CC2N1. The fraction of sp³-hybridized carbons (Fsp3) is 0.200. The molecule has 2 aliphatic rings. The summed E-state index contributed by atoms with van der Waals surface area (Å²) in [5, 5.41) is 7.03. The maximum absolute atomic E-state index is 3.52. The van der Waals surface area contributed by atoms with Gasteiger partial charge in [-0.2, -0.15) is 0 Å². The molecular weight excluding hydrogens is 208 g/mol. The van der Waals surface area contributed by atoms with E-state index >= 15 is 0 Å². The zero-order valence-corrected chi connectivity index (χ0v) is 9.85. The van der Waals surface area contributed by atoms with Crippen molar-refractivity contribution in [3.63, 3.8) is 0 Å². The molecule has 1 aliphatic heterocycles. The largest absolute Gasteiger partial charge is 0.369 e. The van der Waals surface area contributed by atoms with Crippen molar-refractivity contribution in [2.24, 2.45) is 0 Å². The lowest BCUT2D eigenvalue weighted by Gasteiger charge is -2.34. The molecule has 3 rings (SSSR count). The Hall–Kier alpha value is -1.80. The third-order valence-corrected chi connectivity index (χ3v) is 3.17. The van der Waals surface area contributed by atoms with E-state index in [1.54, 1.807) is 0 Å². The summed E-state index contributed by atoms with van der Waals surface area (Å²) in [6.45, 7) is 2.14. The summed E-state index contributed by atoms with van der Waals surface area (Å²) in [5.74, 6) is 0. The molecule has 17 heavy (non-hydrogen) atoms. The maximum Gasteiger partial charge on any atom is 0.0746 e. The molecule has 2 heteroatoms. The molecule has 2 N–H and O–H groups in total. The summed E-state index contributed by atoms with van der Waals surface area (Å²) in [6, 6.07) is 10.8. The first-order valence-electron chi connectivity index (χ1n) is 6.01. The van der Waals surface area contributed by atoms with Crippen LogP contribution in [0.3, 0.4) is 0 Å². The Morgan fingerprint density at radius 3 is 2.71 bits per heavy atom. The second-order valence-electron chi connectivity index (χ2n) is 4.45. The van der Waals surface area contributed by atoms with E-state index in [0.29, 0.717) is 6.04 Å². The van der Waals surface area contributed by atoms with Crippen molar-refractivity contribution in [1.82, 2.24) is 10.6 Å². The van der Waals surface area contributed by atoms with Crippen LogP contribution in [0.1, 0.15) is 12.5 Å². The van der Waals surface area contributed by atoms with E-state index in [2.05, 4.69) is 66.1 Å². The van der Waals surface area contributed by atoms with E-state index in [1.165, 1.54) is 16.8 Å². The van der Waals surface area contributed by atoms with Crippen molar-refractivity contribution in [2.75, 3.05) is 0 Å². The molecule has 2 nitrogen and oxygen atoms in total. The molecule has 0 fully saturated rings. The van der Waals surface area contributed by atoms with E-state index in [1.807, 2.05) is 6.07 Å². The van der Waals surface area contributed by atoms with Crippen molar-refractivity contribution < 1.29 is 0 Å². The molecular formula is C15H16N2. The van der Waals surface area contributed by atoms with Gasteiger partial charge in [-0.1, -0.05) is 54.6 Å². The highest BCUT2D eigenvalue weighted by atomic mass is 15.2. The van der Waals surface area contributed by atoms with Gasteiger partial charge in [-0.15, -0.1) is 0 Å². The number of benzene rings is 1. The van der Waals surface area contributed by atoms with Gasteiger partial charge in [0.1, 0.15) is 0 Å². The lowest BCUT2D eigenvalue weighted by atomic mass is 9.94. The van der Waals surface area contributed by atoms with Crippen LogP contribution in [0.15, 0.2) is 60.2 Å². The van der Waals surface area contributed by atoms with Crippen LogP contribution in [0, 0.1) is 0 Å². The Morgan fingerprint density at radius 2 is 1.88 bits per heavy atom. The minimum absolute atomic E-state index is 0.287. The Balaban J connectivity index is 2.09. The number of fused-ring (bicyclic) bond motifs is 1. The van der Waals surface area contributed by atoms with Crippen LogP contribution >= 0.6 is 0 Å². The molecule has 0 spiro atoms. The van der Waals surface area contributed by atoms with E-state index in [9.17, 15) is 0 Å². The summed E-state index contributed by atoms with van der Waals surface area (Å²) >= 11 is 0. The van der Waals surface area contributed by atoms with Crippen LogP contribution in [0.25, 0.3) is 5.70 Å². The second kappa shape index (κ2) is 4.22. The molecule has 1 heterocycles. The quantitative estimate of drug-likeness (QED) is 0.765. The summed E-state index contributed by atoms with van der Waals surface area (Å²) < 4.78 is 0. The zero-order chi connectivity index (χ0) is 11.7. The first kappa shape index (κ1) is 10.4. The smallest absolute Gasteiger partial charge is 0.0746 e. The third kappa shape index (κ3) is 1.92. The van der Waals surface area contributed by atoms with Gasteiger partial charge >= 0.3 is 0 Å². The molecule has 0 bridgehead atoms. The maximum atomic E-state index is 3.52. The third-order valence-electron chi connectivity index (χ3n) is 3.17. The summed E-state index contributed by atoms with van der Waals surface area (Å²) in [4.78, 5) is 0. The molecule has 0 amide bonds. The van der Waals surface area contributed by atoms with Crippen LogP contribution in [0.2, 0.25) is 0 Å². The molecule has 1 aliphatic carbocycles. The molecule has 0 aromatic heterocycles. The highest BCUT2D eigenvalue weighted by Gasteiger charge is 2.24. The Kier molecular flexibility index (Phi) is 2.57. The predicted octanol–water partition coefficient (Wildman–Crippen LogP) is 2.43. The van der Waals surface area contributed by atoms with Crippen molar-refractivity contribution in [1.29, 1.82) is 0 Å². The second-order valence-corrected chi connectivity index (χ2v) is 4.45. The predicted molar refractivity (Wildman–Crippen MR) is 71.2 cm³/mol. The highest BCUT2D eigenvalue weighted by molar-refractivity contribution is 5.73. The van der Waals surface area contributed by atoms with E-state index in [4.69, 9.17) is 0 Å². The zero-order valence-electron chi connectivity index (χ0n) is 9.85. The van der Waals surface area contributed by atoms with Crippen LogP contribution in [0.4, 0.5) is 0 Å². The average Bonchev–Trinajstić information content (AvgIpc) is 2.39. The standard InChI is InChI=1S/C15H16N2/c1-11-16-14-10-6-5-9-13(14)15(17-11)12-7-3-2-4-8-12/h2-11,14,16-17H,1H3. The van der Waals surface area contributed by atoms with Gasteiger partial charge in [-0.3, -0.25) is 5.32 Å². The first-order valence-corrected chi connectivity index (χ1v) is 6.01. The molecule has 2 unspecified atom stereocenters. The van der Waals surface area contributed by atoms with Crippen molar-refractivity contribution >= 4 is 5.70 Å². The first-order chi connectivity index (χ1) is 8.34. The van der Waals surface area contributed by atoms with Crippen LogP contribution in [-0.2, 0) is 0 Å². The number of hydrogen-bond acceptors (Lipinski definition) is 2. The van der Waals surface area contributed by atoms with Gasteiger partial charge in [0.2, 0.25) is 0 Å². The molecule has 0 radical (unpaired) electrons. The summed E-state index contributed by atoms with van der Waals surface area (Å²) in [7, 11) is 0. The van der Waals surface area contributed by atoms with Gasteiger partial charge in [0.25, 0.3) is 0 Å². The Bertz CT molecular complexity index is 497. The van der Waals surface area contributed by atoms with E-state index in [-0.39, 0.29) is 6.17 Å². The van der Waals surface area contributed by atoms with Crippen LogP contribution < -0.4 is 10.6 Å². The molecule has 1 aromatic carbocycles. The molecule has 86 valence electrons. The fourth-order valence-electron chi connectivity index (χ4n) is 2.39. The molecule has 0 saturated heterocycles. The topological polar surface area (TPSA) is 24.1 Å². The monoisotopic (exact) mass is 224 g/mol. The van der Waals surface area contributed by atoms with E-state index < -0.39 is 0 Å². The van der Waals surface area contributed by atoms with Crippen molar-refractivity contribution in [3.8, 4) is 0 Å². The fourth-order valence-corrected chi connectivity index (χ4v) is 2.39. The van der Waals surface area contributed by atoms with Crippen LogP contribution in [-0.4, -0.2) is 12.2 Å². The molecule has 2 atom stereocenters. The minimum Gasteiger partial charge on any atom is -0.369 e. The van der Waals surface area contributed by atoms with Crippen molar-refractivity contribution in [2.45, 2.75) is 19.1 Å². The van der Waals surface area contributed by atoms with Gasteiger partial charge in [0.15, 0.2) is 0 Å². The number of hydrogen-bond donors (Lipinski definition) is 2. The number of allylic oxidation sites excluding steroid dienone is 2. The number of nitrogens with one attached hydrogen (secondary N) is 2. The number of rotatable bonds is 1. The Morgan fingerprint density at radius 1 is 1.06 bits per heavy atom. The van der Waals surface area contributed by atoms with Gasteiger partial charge in [-0.25, -0.2) is 0 Å². The average molecular weight is 224 g/mol. The minimum atomic E-state index is 0.287. The lowest BCUT2D eigenvalue weighted by Crippen LogP contribution is -2.49. The van der Waals surface area contributed by atoms with E-state index in [0.717, 1.165) is 0 Å². The normalized spacial score (nSPS) is 26.6. The summed E-state index contributed by atoms with van der Waals surface area (Å²) in [5.41, 5.74) is 3.81. The van der Waals surface area contributed by atoms with Gasteiger partial charge in [0, 0.05) is 5.70 Å². The van der Waals surface area contributed by atoms with Gasteiger partial charge in [0.05, 0.1) is 12.2 Å². The Labute approximate surface area is 102 Å². The van der Waals surface area contributed by atoms with Crippen LogP contribution in [0.5, 0.6) is 0 Å². The van der Waals surface area contributed by atoms with Gasteiger partial charge < -0.3 is 5.32 Å². The van der Waals surface area contributed by atoms with Gasteiger partial charge in [-0.05, 0) is 18.1 Å². The lowest BCUT2D eigenvalue weighted by molar-refractivity contribution is 0.475.